The highest BCUT2D eigenvalue weighted by atomic mass is 15.0. The van der Waals surface area contributed by atoms with Crippen molar-refractivity contribution in [2.45, 2.75) is 43.9 Å². The first-order chi connectivity index (χ1) is 23.7. The molecule has 8 aromatic rings. The molecule has 4 aliphatic carbocycles. The molecule has 0 saturated heterocycles. The third kappa shape index (κ3) is 3.24. The van der Waals surface area contributed by atoms with Gasteiger partial charge in [0, 0.05) is 32.9 Å². The van der Waals surface area contributed by atoms with Crippen LogP contribution in [0.1, 0.15) is 55.1 Å². The molecule has 6 aromatic carbocycles. The maximum atomic E-state index is 2.60. The normalized spacial score (nSPS) is 25.2. The molecule has 3 fully saturated rings. The molecule has 2 aromatic heterocycles. The number of para-hydroxylation sites is 3. The Kier molecular flexibility index (Phi) is 4.91. The van der Waals surface area contributed by atoms with Crippen LogP contribution >= 0.6 is 0 Å². The zero-order valence-electron chi connectivity index (χ0n) is 26.9. The van der Waals surface area contributed by atoms with Gasteiger partial charge in [0.15, 0.2) is 0 Å². The standard InChI is InChI=1S/C46H36N2/c1-2-8-34(9-3-1)47-42-12-6-4-10-37(42)40-22-28(14-18-44(40)47)29-15-19-45-41(23-29)38-11-5-7-13-43(38)48(45)35-16-17-36-30-20-32-24-33-21-31(39(36)25-35)27-46(32,33)26-30/h1-19,22-23,25,30-33H,20-21,24,26-27H2. The SMILES string of the molecule is c1ccc(-n2c3ccccc3c3cc(-c4ccc5c(c4)c4ccccc4n5-c4ccc5c(c4)C4CC6CC7CC5CC76C4)ccc32)cc1. The topological polar surface area (TPSA) is 9.86 Å². The van der Waals surface area contributed by atoms with Gasteiger partial charge in [-0.15, -0.1) is 0 Å². The molecule has 48 heavy (non-hydrogen) atoms. The van der Waals surface area contributed by atoms with Crippen molar-refractivity contribution in [1.29, 1.82) is 0 Å². The molecule has 0 N–H and O–H groups in total. The lowest BCUT2D eigenvalue weighted by Crippen LogP contribution is -2.41. The largest absolute Gasteiger partial charge is 0.309 e. The molecule has 12 rings (SSSR count). The molecule has 230 valence electrons. The number of hydrogen-bond acceptors (Lipinski definition) is 0. The molecule has 3 bridgehead atoms. The maximum absolute atomic E-state index is 2.60. The predicted octanol–water partition coefficient (Wildman–Crippen LogP) is 11.9. The van der Waals surface area contributed by atoms with E-state index < -0.39 is 0 Å². The molecule has 2 nitrogen and oxygen atoms in total. The van der Waals surface area contributed by atoms with Crippen LogP contribution in [-0.2, 0) is 0 Å². The van der Waals surface area contributed by atoms with Crippen LogP contribution in [0.25, 0.3) is 66.1 Å². The van der Waals surface area contributed by atoms with Crippen LogP contribution in [-0.4, -0.2) is 9.13 Å². The fourth-order valence-electron chi connectivity index (χ4n) is 11.5. The van der Waals surface area contributed by atoms with Crippen LogP contribution in [0.2, 0.25) is 0 Å². The summed E-state index contributed by atoms with van der Waals surface area (Å²) in [5, 5.41) is 5.23. The van der Waals surface area contributed by atoms with E-state index in [1.807, 2.05) is 0 Å². The zero-order valence-corrected chi connectivity index (χ0v) is 26.9. The average Bonchev–Trinajstić information content (AvgIpc) is 3.81. The van der Waals surface area contributed by atoms with E-state index >= 15 is 0 Å². The molecule has 5 unspecified atom stereocenters. The number of aromatic nitrogens is 2. The van der Waals surface area contributed by atoms with Crippen LogP contribution < -0.4 is 0 Å². The summed E-state index contributed by atoms with van der Waals surface area (Å²) >= 11 is 0. The second-order valence-corrected chi connectivity index (χ2v) is 15.5. The van der Waals surface area contributed by atoms with Gasteiger partial charge in [0.05, 0.1) is 22.1 Å². The van der Waals surface area contributed by atoms with Gasteiger partial charge < -0.3 is 9.13 Å². The monoisotopic (exact) mass is 616 g/mol. The van der Waals surface area contributed by atoms with Gasteiger partial charge in [-0.1, -0.05) is 72.8 Å². The number of benzene rings is 6. The molecular weight excluding hydrogens is 581 g/mol. The van der Waals surface area contributed by atoms with Gasteiger partial charge in [0.1, 0.15) is 0 Å². The highest BCUT2D eigenvalue weighted by Gasteiger charge is 2.65. The lowest BCUT2D eigenvalue weighted by molar-refractivity contribution is 0.00322. The highest BCUT2D eigenvalue weighted by molar-refractivity contribution is 6.12. The summed E-state index contributed by atoms with van der Waals surface area (Å²) in [6.45, 7) is 0. The Hall–Kier alpha value is -5.08. The van der Waals surface area contributed by atoms with Crippen LogP contribution in [0.5, 0.6) is 0 Å². The Morgan fingerprint density at radius 2 is 0.958 bits per heavy atom. The van der Waals surface area contributed by atoms with Crippen LogP contribution in [0.15, 0.2) is 133 Å². The first-order valence-corrected chi connectivity index (χ1v) is 18.0. The Labute approximate surface area is 280 Å². The summed E-state index contributed by atoms with van der Waals surface area (Å²) in [5.41, 5.74) is 14.2. The van der Waals surface area contributed by atoms with E-state index in [-0.39, 0.29) is 0 Å². The summed E-state index contributed by atoms with van der Waals surface area (Å²) in [7, 11) is 0. The lowest BCUT2D eigenvalue weighted by Gasteiger charge is -2.48. The summed E-state index contributed by atoms with van der Waals surface area (Å²) in [5.74, 6) is 3.55. The molecule has 3 saturated carbocycles. The first kappa shape index (κ1) is 25.9. The number of nitrogens with zero attached hydrogens (tertiary/aromatic N) is 2. The first-order valence-electron chi connectivity index (χ1n) is 18.0. The van der Waals surface area contributed by atoms with Gasteiger partial charge in [-0.2, -0.15) is 0 Å². The minimum Gasteiger partial charge on any atom is -0.309 e. The molecular formula is C46H36N2. The van der Waals surface area contributed by atoms with E-state index in [9.17, 15) is 0 Å². The number of fused-ring (bicyclic) bond motifs is 11. The third-order valence-corrected chi connectivity index (χ3v) is 13.5. The summed E-state index contributed by atoms with van der Waals surface area (Å²) in [6.07, 6.45) is 7.27. The quantitative estimate of drug-likeness (QED) is 0.187. The zero-order chi connectivity index (χ0) is 31.1. The van der Waals surface area contributed by atoms with E-state index in [4.69, 9.17) is 0 Å². The van der Waals surface area contributed by atoms with E-state index in [0.717, 1.165) is 23.7 Å². The van der Waals surface area contributed by atoms with E-state index in [2.05, 4.69) is 143 Å². The maximum Gasteiger partial charge on any atom is 0.0541 e. The predicted molar refractivity (Wildman–Crippen MR) is 199 cm³/mol. The van der Waals surface area contributed by atoms with Gasteiger partial charge in [-0.3, -0.25) is 0 Å². The molecule has 4 aliphatic rings. The highest BCUT2D eigenvalue weighted by Crippen LogP contribution is 2.76. The molecule has 5 atom stereocenters. The molecule has 0 radical (unpaired) electrons. The Bertz CT molecular complexity index is 2640. The molecule has 0 aliphatic heterocycles. The van der Waals surface area contributed by atoms with Crippen molar-refractivity contribution in [3.63, 3.8) is 0 Å². The lowest BCUT2D eigenvalue weighted by atomic mass is 9.56. The molecule has 1 spiro atoms. The van der Waals surface area contributed by atoms with Gasteiger partial charge in [-0.05, 0) is 144 Å². The van der Waals surface area contributed by atoms with Crippen LogP contribution in [0, 0.1) is 17.3 Å². The van der Waals surface area contributed by atoms with Crippen LogP contribution in [0.3, 0.4) is 0 Å². The molecule has 0 amide bonds. The van der Waals surface area contributed by atoms with Gasteiger partial charge in [-0.25, -0.2) is 0 Å². The van der Waals surface area contributed by atoms with Crippen molar-refractivity contribution in [1.82, 2.24) is 9.13 Å². The van der Waals surface area contributed by atoms with Crippen molar-refractivity contribution in [2.24, 2.45) is 17.3 Å². The second-order valence-electron chi connectivity index (χ2n) is 15.5. The minimum atomic E-state index is 0.692. The number of hydrogen-bond donors (Lipinski definition) is 0. The minimum absolute atomic E-state index is 0.692. The van der Waals surface area contributed by atoms with Crippen molar-refractivity contribution in [2.75, 3.05) is 0 Å². The summed E-state index contributed by atoms with van der Waals surface area (Å²) in [4.78, 5) is 0. The Morgan fingerprint density at radius 1 is 0.417 bits per heavy atom. The molecule has 2 heterocycles. The average molecular weight is 617 g/mol. The fraction of sp³-hybridized carbons (Fsp3) is 0.217. The van der Waals surface area contributed by atoms with Gasteiger partial charge in [0.2, 0.25) is 0 Å². The van der Waals surface area contributed by atoms with Crippen molar-refractivity contribution in [3.8, 4) is 22.5 Å². The molecule has 2 heteroatoms. The smallest absolute Gasteiger partial charge is 0.0541 e. The summed E-state index contributed by atoms with van der Waals surface area (Å²) in [6, 6.07) is 50.3. The third-order valence-electron chi connectivity index (χ3n) is 13.5. The second kappa shape index (κ2) is 9.08. The van der Waals surface area contributed by atoms with Crippen molar-refractivity contribution in [3.05, 3.63) is 145 Å². The van der Waals surface area contributed by atoms with E-state index in [1.54, 1.807) is 11.1 Å². The van der Waals surface area contributed by atoms with Crippen LogP contribution in [0.4, 0.5) is 0 Å². The van der Waals surface area contributed by atoms with E-state index in [0.29, 0.717) is 5.41 Å². The fourth-order valence-corrected chi connectivity index (χ4v) is 11.5. The Balaban J connectivity index is 1.02. The van der Waals surface area contributed by atoms with Gasteiger partial charge in [0.25, 0.3) is 0 Å². The van der Waals surface area contributed by atoms with Crippen molar-refractivity contribution >= 4 is 43.6 Å². The van der Waals surface area contributed by atoms with Crippen molar-refractivity contribution < 1.29 is 0 Å². The summed E-state index contributed by atoms with van der Waals surface area (Å²) < 4.78 is 4.94. The van der Waals surface area contributed by atoms with E-state index in [1.165, 1.54) is 98.2 Å². The Morgan fingerprint density at radius 3 is 1.60 bits per heavy atom. The number of rotatable bonds is 3. The van der Waals surface area contributed by atoms with Gasteiger partial charge >= 0.3 is 0 Å².